The normalized spacial score (nSPS) is 11.4. The van der Waals surface area contributed by atoms with Gasteiger partial charge >= 0.3 is 11.9 Å². The van der Waals surface area contributed by atoms with Crippen molar-refractivity contribution in [2.24, 2.45) is 0 Å². The van der Waals surface area contributed by atoms with Crippen LogP contribution in [-0.2, 0) is 19.1 Å². The molecule has 0 fully saturated rings. The summed E-state index contributed by atoms with van der Waals surface area (Å²) in [7, 11) is 0. The van der Waals surface area contributed by atoms with E-state index in [4.69, 9.17) is 9.47 Å². The summed E-state index contributed by atoms with van der Waals surface area (Å²) in [6.07, 6.45) is 90.2. The maximum absolute atomic E-state index is 12.0. The molecule has 0 saturated carbocycles. The van der Waals surface area contributed by atoms with Crippen molar-refractivity contribution < 1.29 is 19.1 Å². The Labute approximate surface area is 492 Å². The van der Waals surface area contributed by atoms with Crippen LogP contribution >= 0.6 is 0 Å². The van der Waals surface area contributed by atoms with Crippen LogP contribution in [0.3, 0.4) is 0 Å². The Bertz CT molecular complexity index is 1100. The van der Waals surface area contributed by atoms with Gasteiger partial charge in [0, 0.05) is 12.8 Å². The lowest BCUT2D eigenvalue weighted by molar-refractivity contribution is -0.144. The predicted molar refractivity (Wildman–Crippen MR) is 349 cm³/mol. The number of carbonyl (C=O) groups is 2. The van der Waals surface area contributed by atoms with Crippen LogP contribution in [0.15, 0.2) is 12.2 Å². The van der Waals surface area contributed by atoms with E-state index in [1.807, 2.05) is 0 Å². The minimum atomic E-state index is 0.0193. The molecule has 0 aromatic carbocycles. The first-order valence-corrected chi connectivity index (χ1v) is 36.6. The molecule has 0 saturated heterocycles. The Hall–Kier alpha value is -1.32. The first kappa shape index (κ1) is 78.7. The Morgan fingerprint density at radius 3 is 0.551 bits per heavy atom. The van der Waals surface area contributed by atoms with Crippen LogP contribution in [0.5, 0.6) is 0 Å². The van der Waals surface area contributed by atoms with E-state index < -0.39 is 0 Å². The number of allylic oxidation sites excluding steroid dienone is 2. The standard InChI is InChI=1S/C40H80O2.C34H66O2/c1-3-5-7-9-11-13-15-17-19-20-21-22-23-25-27-29-31-33-35-37-39-42-40(41)38-36-34-32-30-28-26-24-18-16-14-12-10-8-6-4-2;1-3-5-7-9-11-13-15-17-18-19-21-23-25-27-29-31-33-36-34(35)32-30-28-26-24-22-20-16-14-12-10-8-6-4-2/h3-39H2,1-2H3;17-18H,3-16,19-33H2,1-2H3/b;18-17-. The summed E-state index contributed by atoms with van der Waals surface area (Å²) in [5, 5.41) is 0. The maximum Gasteiger partial charge on any atom is 0.305 e. The summed E-state index contributed by atoms with van der Waals surface area (Å²) >= 11 is 0. The molecule has 0 heterocycles. The molecule has 0 radical (unpaired) electrons. The van der Waals surface area contributed by atoms with Gasteiger partial charge in [-0.05, 0) is 51.4 Å². The Morgan fingerprint density at radius 2 is 0.359 bits per heavy atom. The minimum Gasteiger partial charge on any atom is -0.466 e. The van der Waals surface area contributed by atoms with Crippen LogP contribution in [0.4, 0.5) is 0 Å². The van der Waals surface area contributed by atoms with Crippen molar-refractivity contribution in [2.45, 2.75) is 439 Å². The number of unbranched alkanes of at least 4 members (excludes halogenated alkanes) is 57. The zero-order valence-corrected chi connectivity index (χ0v) is 54.5. The second-order valence-corrected chi connectivity index (χ2v) is 24.8. The van der Waals surface area contributed by atoms with E-state index in [1.54, 1.807) is 0 Å². The van der Waals surface area contributed by atoms with Gasteiger partial charge in [0.25, 0.3) is 0 Å². The molecule has 78 heavy (non-hydrogen) atoms. The molecule has 0 aliphatic rings. The summed E-state index contributed by atoms with van der Waals surface area (Å²) in [5.41, 5.74) is 0. The van der Waals surface area contributed by atoms with E-state index in [2.05, 4.69) is 39.8 Å². The van der Waals surface area contributed by atoms with Gasteiger partial charge in [0.1, 0.15) is 0 Å². The summed E-state index contributed by atoms with van der Waals surface area (Å²) in [4.78, 5) is 23.8. The first-order chi connectivity index (χ1) is 38.6. The van der Waals surface area contributed by atoms with E-state index in [1.165, 1.54) is 372 Å². The average molecular weight is 1100 g/mol. The monoisotopic (exact) mass is 1100 g/mol. The fourth-order valence-electron chi connectivity index (χ4n) is 11.2. The van der Waals surface area contributed by atoms with Gasteiger partial charge in [-0.25, -0.2) is 0 Å². The lowest BCUT2D eigenvalue weighted by Crippen LogP contribution is -2.05. The quantitative estimate of drug-likeness (QED) is 0.0346. The SMILES string of the molecule is CCCCCCCC/C=C\CCCCCCCCOC(=O)CCCCCCCCCCCCCCC.CCCCCCCCCCCCCCCCCCCCCCOC(=O)CCCCCCCCCCCCCCCCC. The summed E-state index contributed by atoms with van der Waals surface area (Å²) in [6.45, 7) is 10.4. The number of hydrogen-bond acceptors (Lipinski definition) is 4. The molecule has 0 aliphatic heterocycles. The lowest BCUT2D eigenvalue weighted by Gasteiger charge is -2.06. The molecule has 466 valence electrons. The van der Waals surface area contributed by atoms with E-state index >= 15 is 0 Å². The Kier molecular flexibility index (Phi) is 76.4. The third-order valence-electron chi connectivity index (χ3n) is 16.6. The summed E-state index contributed by atoms with van der Waals surface area (Å²) in [6, 6.07) is 0. The Balaban J connectivity index is 0. The molecule has 0 amide bonds. The second kappa shape index (κ2) is 75.7. The highest BCUT2D eigenvalue weighted by Gasteiger charge is 2.05. The molecule has 0 unspecified atom stereocenters. The van der Waals surface area contributed by atoms with E-state index in [-0.39, 0.29) is 11.9 Å². The van der Waals surface area contributed by atoms with Crippen molar-refractivity contribution in [3.8, 4) is 0 Å². The highest BCUT2D eigenvalue weighted by Crippen LogP contribution is 2.18. The number of ether oxygens (including phenoxy) is 2. The number of esters is 2. The largest absolute Gasteiger partial charge is 0.466 e. The van der Waals surface area contributed by atoms with Crippen LogP contribution < -0.4 is 0 Å². The van der Waals surface area contributed by atoms with E-state index in [9.17, 15) is 9.59 Å². The molecule has 0 aromatic rings. The third kappa shape index (κ3) is 76.7. The van der Waals surface area contributed by atoms with Crippen molar-refractivity contribution in [3.63, 3.8) is 0 Å². The topological polar surface area (TPSA) is 52.6 Å². The molecule has 0 aromatic heterocycles. The summed E-state index contributed by atoms with van der Waals surface area (Å²) in [5.74, 6) is 0.0494. The van der Waals surface area contributed by atoms with Gasteiger partial charge in [0.15, 0.2) is 0 Å². The van der Waals surface area contributed by atoms with Crippen molar-refractivity contribution in [2.75, 3.05) is 13.2 Å². The molecule has 0 spiro atoms. The fraction of sp³-hybridized carbons (Fsp3) is 0.946. The molecule has 0 N–H and O–H groups in total. The highest BCUT2D eigenvalue weighted by atomic mass is 16.5. The number of rotatable bonds is 67. The Morgan fingerprint density at radius 1 is 0.205 bits per heavy atom. The highest BCUT2D eigenvalue weighted by molar-refractivity contribution is 5.69. The zero-order chi connectivity index (χ0) is 56.7. The molecular formula is C74H146O4. The van der Waals surface area contributed by atoms with Crippen LogP contribution in [0.2, 0.25) is 0 Å². The van der Waals surface area contributed by atoms with Gasteiger partial charge in [-0.15, -0.1) is 0 Å². The molecule has 4 nitrogen and oxygen atoms in total. The van der Waals surface area contributed by atoms with E-state index in [0.717, 1.165) is 25.7 Å². The van der Waals surface area contributed by atoms with Gasteiger partial charge in [-0.2, -0.15) is 0 Å². The van der Waals surface area contributed by atoms with Crippen molar-refractivity contribution in [1.82, 2.24) is 0 Å². The number of carbonyl (C=O) groups excluding carboxylic acids is 2. The minimum absolute atomic E-state index is 0.0193. The molecule has 0 aliphatic carbocycles. The third-order valence-corrected chi connectivity index (χ3v) is 16.6. The maximum atomic E-state index is 12.0. The molecule has 0 bridgehead atoms. The van der Waals surface area contributed by atoms with Crippen LogP contribution in [0.25, 0.3) is 0 Å². The molecule has 0 rings (SSSR count). The van der Waals surface area contributed by atoms with Crippen molar-refractivity contribution in [1.29, 1.82) is 0 Å². The van der Waals surface area contributed by atoms with E-state index in [0.29, 0.717) is 26.1 Å². The van der Waals surface area contributed by atoms with Crippen LogP contribution in [-0.4, -0.2) is 25.2 Å². The fourth-order valence-corrected chi connectivity index (χ4v) is 11.2. The van der Waals surface area contributed by atoms with Crippen molar-refractivity contribution >= 4 is 11.9 Å². The molecule has 0 atom stereocenters. The van der Waals surface area contributed by atoms with Crippen molar-refractivity contribution in [3.05, 3.63) is 12.2 Å². The van der Waals surface area contributed by atoms with Gasteiger partial charge in [-0.3, -0.25) is 9.59 Å². The second-order valence-electron chi connectivity index (χ2n) is 24.8. The van der Waals surface area contributed by atoms with Crippen LogP contribution in [0, 0.1) is 0 Å². The summed E-state index contributed by atoms with van der Waals surface area (Å²) < 4.78 is 10.9. The number of hydrogen-bond donors (Lipinski definition) is 0. The van der Waals surface area contributed by atoms with Gasteiger partial charge < -0.3 is 9.47 Å². The smallest absolute Gasteiger partial charge is 0.305 e. The van der Waals surface area contributed by atoms with Gasteiger partial charge in [-0.1, -0.05) is 387 Å². The van der Waals surface area contributed by atoms with Gasteiger partial charge in [0.2, 0.25) is 0 Å². The average Bonchev–Trinajstić information content (AvgIpc) is 3.44. The lowest BCUT2D eigenvalue weighted by atomic mass is 10.0. The molecular weight excluding hydrogens is 953 g/mol. The molecule has 4 heteroatoms. The van der Waals surface area contributed by atoms with Gasteiger partial charge in [0.05, 0.1) is 13.2 Å². The van der Waals surface area contributed by atoms with Crippen LogP contribution in [0.1, 0.15) is 439 Å². The predicted octanol–water partition coefficient (Wildman–Crippen LogP) is 26.7. The first-order valence-electron chi connectivity index (χ1n) is 36.6. The zero-order valence-electron chi connectivity index (χ0n) is 54.5.